The van der Waals surface area contributed by atoms with E-state index in [0.29, 0.717) is 6.54 Å². The summed E-state index contributed by atoms with van der Waals surface area (Å²) >= 11 is 0. The Morgan fingerprint density at radius 3 is 2.64 bits per heavy atom. The van der Waals surface area contributed by atoms with E-state index in [1.807, 2.05) is 19.1 Å². The zero-order valence-electron chi connectivity index (χ0n) is 20.7. The summed E-state index contributed by atoms with van der Waals surface area (Å²) in [6, 6.07) is 20.8. The van der Waals surface area contributed by atoms with Crippen molar-refractivity contribution in [2.75, 3.05) is 32.8 Å². The molecule has 0 saturated carbocycles. The van der Waals surface area contributed by atoms with Gasteiger partial charge in [-0.1, -0.05) is 36.4 Å². The van der Waals surface area contributed by atoms with Crippen molar-refractivity contribution in [2.24, 2.45) is 0 Å². The number of benzene rings is 2. The van der Waals surface area contributed by atoms with Gasteiger partial charge < -0.3 is 14.6 Å². The van der Waals surface area contributed by atoms with Gasteiger partial charge in [0.25, 0.3) is 0 Å². The standard InChI is InChI=1S/C30H32N4O2/c1-23(19-30(35)32-21-24-5-4-13-31-20-24)25-8-10-27(11-9-25)34-22-26(28-6-2-3-7-29(28)34)12-14-33-15-17-36-18-16-33/h2-11,13,19-20,22H,12,14-18,21H2,1H3,(H,32,35)/b23-19-. The number of allylic oxidation sites excluding steroid dienone is 1. The van der Waals surface area contributed by atoms with Gasteiger partial charge in [-0.05, 0) is 59.9 Å². The third-order valence-electron chi connectivity index (χ3n) is 6.73. The number of nitrogens with zero attached hydrogens (tertiary/aromatic N) is 3. The van der Waals surface area contributed by atoms with E-state index in [4.69, 9.17) is 4.74 Å². The maximum Gasteiger partial charge on any atom is 0.244 e. The Morgan fingerprint density at radius 1 is 1.06 bits per heavy atom. The second-order valence-corrected chi connectivity index (χ2v) is 9.20. The van der Waals surface area contributed by atoms with Crippen LogP contribution in [0.25, 0.3) is 22.2 Å². The Morgan fingerprint density at radius 2 is 1.86 bits per heavy atom. The SMILES string of the molecule is C/C(=C/C(=O)NCc1cccnc1)c1ccc(-n2cc(CCN3CCOCC3)c3ccccc32)cc1. The molecule has 2 aromatic heterocycles. The van der Waals surface area contributed by atoms with E-state index >= 15 is 0 Å². The number of para-hydroxylation sites is 1. The van der Waals surface area contributed by atoms with E-state index in [2.05, 4.69) is 74.5 Å². The fraction of sp³-hybridized carbons (Fsp3) is 0.267. The van der Waals surface area contributed by atoms with E-state index in [1.54, 1.807) is 18.5 Å². The number of ether oxygens (including phenoxy) is 1. The minimum Gasteiger partial charge on any atom is -0.379 e. The van der Waals surface area contributed by atoms with Gasteiger partial charge in [0.1, 0.15) is 0 Å². The number of rotatable bonds is 8. The van der Waals surface area contributed by atoms with Crippen molar-refractivity contribution in [1.82, 2.24) is 19.8 Å². The maximum atomic E-state index is 12.4. The lowest BCUT2D eigenvalue weighted by atomic mass is 10.1. The van der Waals surface area contributed by atoms with Crippen LogP contribution in [0.3, 0.4) is 0 Å². The van der Waals surface area contributed by atoms with Crippen molar-refractivity contribution in [3.8, 4) is 5.69 Å². The first kappa shape index (κ1) is 24.0. The zero-order valence-corrected chi connectivity index (χ0v) is 20.7. The minimum atomic E-state index is -0.109. The van der Waals surface area contributed by atoms with Crippen molar-refractivity contribution >= 4 is 22.4 Å². The van der Waals surface area contributed by atoms with Crippen molar-refractivity contribution in [3.05, 3.63) is 102 Å². The Kier molecular flexibility index (Phi) is 7.55. The first-order chi connectivity index (χ1) is 17.7. The van der Waals surface area contributed by atoms with Gasteiger partial charge in [-0.3, -0.25) is 14.7 Å². The normalized spacial score (nSPS) is 14.8. The Hall–Kier alpha value is -3.74. The molecule has 0 unspecified atom stereocenters. The van der Waals surface area contributed by atoms with Crippen LogP contribution in [0, 0.1) is 0 Å². The number of nitrogens with one attached hydrogen (secondary N) is 1. The molecule has 2 aromatic carbocycles. The molecule has 1 amide bonds. The minimum absolute atomic E-state index is 0.109. The first-order valence-corrected chi connectivity index (χ1v) is 12.5. The zero-order chi connectivity index (χ0) is 24.7. The summed E-state index contributed by atoms with van der Waals surface area (Å²) in [6.07, 6.45) is 8.42. The molecule has 5 rings (SSSR count). The Bertz CT molecular complexity index is 1340. The average Bonchev–Trinajstić information content (AvgIpc) is 3.31. The quantitative estimate of drug-likeness (QED) is 0.374. The summed E-state index contributed by atoms with van der Waals surface area (Å²) in [4.78, 5) is 19.0. The van der Waals surface area contributed by atoms with Gasteiger partial charge in [-0.15, -0.1) is 0 Å². The highest BCUT2D eigenvalue weighted by molar-refractivity contribution is 5.94. The molecule has 36 heavy (non-hydrogen) atoms. The number of hydrogen-bond donors (Lipinski definition) is 1. The smallest absolute Gasteiger partial charge is 0.244 e. The highest BCUT2D eigenvalue weighted by Gasteiger charge is 2.14. The Labute approximate surface area is 212 Å². The fourth-order valence-corrected chi connectivity index (χ4v) is 4.67. The van der Waals surface area contributed by atoms with Gasteiger partial charge in [-0.25, -0.2) is 0 Å². The summed E-state index contributed by atoms with van der Waals surface area (Å²) in [7, 11) is 0. The molecule has 6 heteroatoms. The fourth-order valence-electron chi connectivity index (χ4n) is 4.67. The molecule has 1 aliphatic rings. The number of aromatic nitrogens is 2. The molecule has 3 heterocycles. The molecule has 4 aromatic rings. The molecule has 0 spiro atoms. The van der Waals surface area contributed by atoms with Gasteiger partial charge in [0.2, 0.25) is 5.91 Å². The van der Waals surface area contributed by atoms with Crippen LogP contribution in [0.4, 0.5) is 0 Å². The van der Waals surface area contributed by atoms with Gasteiger partial charge >= 0.3 is 0 Å². The molecule has 0 aliphatic carbocycles. The number of hydrogen-bond acceptors (Lipinski definition) is 4. The molecule has 0 bridgehead atoms. The van der Waals surface area contributed by atoms with Crippen LogP contribution in [0.1, 0.15) is 23.6 Å². The molecule has 1 aliphatic heterocycles. The van der Waals surface area contributed by atoms with Crippen LogP contribution in [0.15, 0.2) is 85.3 Å². The van der Waals surface area contributed by atoms with Gasteiger partial charge in [0.15, 0.2) is 0 Å². The van der Waals surface area contributed by atoms with Crippen molar-refractivity contribution in [2.45, 2.75) is 19.9 Å². The van der Waals surface area contributed by atoms with Gasteiger partial charge in [-0.2, -0.15) is 0 Å². The lowest BCUT2D eigenvalue weighted by Crippen LogP contribution is -2.37. The first-order valence-electron chi connectivity index (χ1n) is 12.5. The number of carbonyl (C=O) groups is 1. The molecule has 1 saturated heterocycles. The topological polar surface area (TPSA) is 59.4 Å². The molecule has 0 atom stereocenters. The molecule has 6 nitrogen and oxygen atoms in total. The number of carbonyl (C=O) groups excluding carboxylic acids is 1. The molecular formula is C30H32N4O2. The molecule has 184 valence electrons. The van der Waals surface area contributed by atoms with Crippen LogP contribution >= 0.6 is 0 Å². The van der Waals surface area contributed by atoms with Crippen LogP contribution in [0.5, 0.6) is 0 Å². The highest BCUT2D eigenvalue weighted by atomic mass is 16.5. The van der Waals surface area contributed by atoms with E-state index in [0.717, 1.165) is 61.7 Å². The van der Waals surface area contributed by atoms with E-state index in [9.17, 15) is 4.79 Å². The van der Waals surface area contributed by atoms with Crippen LogP contribution in [0.2, 0.25) is 0 Å². The molecule has 1 fully saturated rings. The number of pyridine rings is 1. The van der Waals surface area contributed by atoms with Crippen LogP contribution in [-0.4, -0.2) is 53.2 Å². The second kappa shape index (κ2) is 11.3. The van der Waals surface area contributed by atoms with Crippen molar-refractivity contribution in [3.63, 3.8) is 0 Å². The predicted octanol–water partition coefficient (Wildman–Crippen LogP) is 4.62. The van der Waals surface area contributed by atoms with Crippen molar-refractivity contribution < 1.29 is 9.53 Å². The van der Waals surface area contributed by atoms with Crippen molar-refractivity contribution in [1.29, 1.82) is 0 Å². The van der Waals surface area contributed by atoms with Crippen LogP contribution < -0.4 is 5.32 Å². The third kappa shape index (κ3) is 5.73. The summed E-state index contributed by atoms with van der Waals surface area (Å²) in [5.74, 6) is -0.109. The maximum absolute atomic E-state index is 12.4. The largest absolute Gasteiger partial charge is 0.379 e. The number of fused-ring (bicyclic) bond motifs is 1. The van der Waals surface area contributed by atoms with Gasteiger partial charge in [0.05, 0.1) is 18.7 Å². The third-order valence-corrected chi connectivity index (χ3v) is 6.73. The number of morpholine rings is 1. The Balaban J connectivity index is 1.29. The van der Waals surface area contributed by atoms with Crippen LogP contribution in [-0.2, 0) is 22.5 Å². The summed E-state index contributed by atoms with van der Waals surface area (Å²) in [5.41, 5.74) is 6.62. The highest BCUT2D eigenvalue weighted by Crippen LogP contribution is 2.26. The summed E-state index contributed by atoms with van der Waals surface area (Å²) in [5, 5.41) is 4.23. The van der Waals surface area contributed by atoms with E-state index < -0.39 is 0 Å². The summed E-state index contributed by atoms with van der Waals surface area (Å²) in [6.45, 7) is 7.14. The molecule has 1 N–H and O–H groups in total. The van der Waals surface area contributed by atoms with E-state index in [1.165, 1.54) is 16.5 Å². The number of amides is 1. The lowest BCUT2D eigenvalue weighted by Gasteiger charge is -2.26. The average molecular weight is 481 g/mol. The van der Waals surface area contributed by atoms with E-state index in [-0.39, 0.29) is 5.91 Å². The molecule has 0 radical (unpaired) electrons. The van der Waals surface area contributed by atoms with Gasteiger partial charge in [0, 0.05) is 61.9 Å². The predicted molar refractivity (Wildman–Crippen MR) is 144 cm³/mol. The summed E-state index contributed by atoms with van der Waals surface area (Å²) < 4.78 is 7.76. The second-order valence-electron chi connectivity index (χ2n) is 9.20. The molecular weight excluding hydrogens is 448 g/mol. The lowest BCUT2D eigenvalue weighted by molar-refractivity contribution is -0.116. The monoisotopic (exact) mass is 480 g/mol.